The van der Waals surface area contributed by atoms with Gasteiger partial charge in [0.2, 0.25) is 0 Å². The standard InChI is InChI=1S/C9H6BrN5/c1-6-2-8(3-11)14-9(13-6)15-5-7(10)4-12-15/h2,4-5H,1H3. The van der Waals surface area contributed by atoms with Crippen molar-refractivity contribution < 1.29 is 0 Å². The Kier molecular flexibility index (Phi) is 2.47. The van der Waals surface area contributed by atoms with Crippen LogP contribution in [0.5, 0.6) is 0 Å². The van der Waals surface area contributed by atoms with E-state index in [1.807, 2.05) is 13.0 Å². The van der Waals surface area contributed by atoms with E-state index in [0.717, 1.165) is 10.2 Å². The van der Waals surface area contributed by atoms with Gasteiger partial charge in [0, 0.05) is 11.9 Å². The van der Waals surface area contributed by atoms with Gasteiger partial charge in [0.1, 0.15) is 11.8 Å². The van der Waals surface area contributed by atoms with E-state index < -0.39 is 0 Å². The minimum atomic E-state index is 0.337. The molecule has 0 unspecified atom stereocenters. The van der Waals surface area contributed by atoms with Crippen molar-refractivity contribution in [2.75, 3.05) is 0 Å². The second kappa shape index (κ2) is 3.79. The van der Waals surface area contributed by atoms with Gasteiger partial charge in [0.25, 0.3) is 5.95 Å². The Balaban J connectivity index is 2.54. The lowest BCUT2D eigenvalue weighted by atomic mass is 10.3. The lowest BCUT2D eigenvalue weighted by Crippen LogP contribution is -2.04. The third kappa shape index (κ3) is 2.02. The van der Waals surface area contributed by atoms with Crippen molar-refractivity contribution in [1.29, 1.82) is 5.26 Å². The summed E-state index contributed by atoms with van der Waals surface area (Å²) in [6.45, 7) is 1.81. The number of aromatic nitrogens is 4. The van der Waals surface area contributed by atoms with Crippen molar-refractivity contribution in [1.82, 2.24) is 19.7 Å². The molecule has 2 aromatic heterocycles. The van der Waals surface area contributed by atoms with E-state index in [-0.39, 0.29) is 0 Å². The fraction of sp³-hybridized carbons (Fsp3) is 0.111. The Morgan fingerprint density at radius 3 is 2.87 bits per heavy atom. The van der Waals surface area contributed by atoms with Crippen LogP contribution in [0.1, 0.15) is 11.4 Å². The predicted molar refractivity (Wildman–Crippen MR) is 56.3 cm³/mol. The van der Waals surface area contributed by atoms with Crippen LogP contribution in [0.3, 0.4) is 0 Å². The molecule has 0 aliphatic heterocycles. The largest absolute Gasteiger partial charge is 0.252 e. The molecule has 0 radical (unpaired) electrons. The normalized spacial score (nSPS) is 9.93. The summed E-state index contributed by atoms with van der Waals surface area (Å²) in [6, 6.07) is 3.61. The number of nitrogens with zero attached hydrogens (tertiary/aromatic N) is 5. The first-order valence-electron chi connectivity index (χ1n) is 4.15. The predicted octanol–water partition coefficient (Wildman–Crippen LogP) is 1.60. The average molecular weight is 264 g/mol. The molecule has 74 valence electrons. The highest BCUT2D eigenvalue weighted by Gasteiger charge is 2.05. The molecule has 0 aromatic carbocycles. The van der Waals surface area contributed by atoms with Gasteiger partial charge in [-0.2, -0.15) is 10.4 Å². The fourth-order valence-corrected chi connectivity index (χ4v) is 1.41. The van der Waals surface area contributed by atoms with Gasteiger partial charge >= 0.3 is 0 Å². The quantitative estimate of drug-likeness (QED) is 0.784. The van der Waals surface area contributed by atoms with Gasteiger partial charge in [-0.1, -0.05) is 0 Å². The first-order valence-corrected chi connectivity index (χ1v) is 4.94. The molecule has 2 heterocycles. The minimum absolute atomic E-state index is 0.337. The first-order chi connectivity index (χ1) is 7.19. The summed E-state index contributed by atoms with van der Waals surface area (Å²) < 4.78 is 2.35. The molecule has 0 saturated carbocycles. The SMILES string of the molecule is Cc1cc(C#N)nc(-n2cc(Br)cn2)n1. The number of aryl methyl sites for hydroxylation is 1. The van der Waals surface area contributed by atoms with Crippen LogP contribution in [0.15, 0.2) is 22.9 Å². The molecule has 2 rings (SSSR count). The van der Waals surface area contributed by atoms with Crippen molar-refractivity contribution in [2.24, 2.45) is 0 Å². The lowest BCUT2D eigenvalue weighted by Gasteiger charge is -2.00. The Morgan fingerprint density at radius 1 is 1.47 bits per heavy atom. The van der Waals surface area contributed by atoms with Gasteiger partial charge in [0.05, 0.1) is 10.7 Å². The van der Waals surface area contributed by atoms with Crippen LogP contribution < -0.4 is 0 Å². The van der Waals surface area contributed by atoms with Crippen LogP contribution in [0, 0.1) is 18.3 Å². The molecule has 0 bridgehead atoms. The van der Waals surface area contributed by atoms with Gasteiger partial charge in [0.15, 0.2) is 0 Å². The van der Waals surface area contributed by atoms with Gasteiger partial charge < -0.3 is 0 Å². The van der Waals surface area contributed by atoms with Crippen LogP contribution >= 0.6 is 15.9 Å². The van der Waals surface area contributed by atoms with E-state index in [1.165, 1.54) is 4.68 Å². The van der Waals surface area contributed by atoms with Crippen molar-refractivity contribution in [2.45, 2.75) is 6.92 Å². The molecular weight excluding hydrogens is 258 g/mol. The maximum absolute atomic E-state index is 8.76. The molecule has 0 N–H and O–H groups in total. The third-order valence-corrected chi connectivity index (χ3v) is 2.12. The molecule has 0 saturated heterocycles. The van der Waals surface area contributed by atoms with Crippen LogP contribution in [-0.2, 0) is 0 Å². The average Bonchev–Trinajstić information content (AvgIpc) is 2.64. The molecule has 15 heavy (non-hydrogen) atoms. The van der Waals surface area contributed by atoms with Crippen molar-refractivity contribution in [3.63, 3.8) is 0 Å². The maximum Gasteiger partial charge on any atom is 0.252 e. The van der Waals surface area contributed by atoms with Gasteiger partial charge in [-0.25, -0.2) is 14.6 Å². The Labute approximate surface area is 94.5 Å². The number of hydrogen-bond acceptors (Lipinski definition) is 4. The highest BCUT2D eigenvalue weighted by atomic mass is 79.9. The molecular formula is C9H6BrN5. The van der Waals surface area contributed by atoms with Crippen molar-refractivity contribution in [3.8, 4) is 12.0 Å². The zero-order valence-electron chi connectivity index (χ0n) is 7.85. The van der Waals surface area contributed by atoms with E-state index in [9.17, 15) is 0 Å². The van der Waals surface area contributed by atoms with E-state index >= 15 is 0 Å². The van der Waals surface area contributed by atoms with E-state index in [0.29, 0.717) is 11.6 Å². The molecule has 2 aromatic rings. The molecule has 0 atom stereocenters. The number of nitriles is 1. The zero-order valence-corrected chi connectivity index (χ0v) is 9.43. The van der Waals surface area contributed by atoms with Crippen molar-refractivity contribution in [3.05, 3.63) is 34.3 Å². The third-order valence-electron chi connectivity index (χ3n) is 1.71. The van der Waals surface area contributed by atoms with Gasteiger partial charge in [-0.3, -0.25) is 0 Å². The number of hydrogen-bond donors (Lipinski definition) is 0. The molecule has 5 nitrogen and oxygen atoms in total. The lowest BCUT2D eigenvalue weighted by molar-refractivity contribution is 0.798. The van der Waals surface area contributed by atoms with Crippen LogP contribution in [-0.4, -0.2) is 19.7 Å². The Hall–Kier alpha value is -1.74. The summed E-state index contributed by atoms with van der Waals surface area (Å²) in [7, 11) is 0. The number of halogens is 1. The zero-order chi connectivity index (χ0) is 10.8. The molecule has 0 aliphatic rings. The Bertz CT molecular complexity index is 540. The van der Waals surface area contributed by atoms with Gasteiger partial charge in [-0.05, 0) is 28.9 Å². The topological polar surface area (TPSA) is 67.4 Å². The van der Waals surface area contributed by atoms with Crippen LogP contribution in [0.25, 0.3) is 5.95 Å². The summed E-state index contributed by atoms with van der Waals surface area (Å²) in [5, 5.41) is 12.8. The Morgan fingerprint density at radius 2 is 2.27 bits per heavy atom. The smallest absolute Gasteiger partial charge is 0.216 e. The molecule has 0 fully saturated rings. The van der Waals surface area contributed by atoms with Crippen molar-refractivity contribution >= 4 is 15.9 Å². The second-order valence-corrected chi connectivity index (χ2v) is 3.83. The summed E-state index contributed by atoms with van der Waals surface area (Å²) in [5.74, 6) is 0.400. The second-order valence-electron chi connectivity index (χ2n) is 2.91. The summed E-state index contributed by atoms with van der Waals surface area (Å²) >= 11 is 3.28. The van der Waals surface area contributed by atoms with Gasteiger partial charge in [-0.15, -0.1) is 0 Å². The van der Waals surface area contributed by atoms with Crippen LogP contribution in [0.4, 0.5) is 0 Å². The summed E-state index contributed by atoms with van der Waals surface area (Å²) in [4.78, 5) is 8.23. The molecule has 0 amide bonds. The highest BCUT2D eigenvalue weighted by Crippen LogP contribution is 2.10. The maximum atomic E-state index is 8.76. The van der Waals surface area contributed by atoms with E-state index in [4.69, 9.17) is 5.26 Å². The van der Waals surface area contributed by atoms with E-state index in [2.05, 4.69) is 31.0 Å². The first kappa shape index (κ1) is 9.80. The number of rotatable bonds is 1. The minimum Gasteiger partial charge on any atom is -0.216 e. The fourth-order valence-electron chi connectivity index (χ4n) is 1.12. The molecule has 0 aliphatic carbocycles. The summed E-state index contributed by atoms with van der Waals surface area (Å²) in [6.07, 6.45) is 3.37. The van der Waals surface area contributed by atoms with Crippen LogP contribution in [0.2, 0.25) is 0 Å². The monoisotopic (exact) mass is 263 g/mol. The summed E-state index contributed by atoms with van der Waals surface area (Å²) in [5.41, 5.74) is 1.08. The highest BCUT2D eigenvalue weighted by molar-refractivity contribution is 9.10. The molecule has 0 spiro atoms. The van der Waals surface area contributed by atoms with E-state index in [1.54, 1.807) is 18.5 Å². The molecule has 6 heteroatoms.